The fourth-order valence-corrected chi connectivity index (χ4v) is 4.92. The van der Waals surface area contributed by atoms with E-state index in [1.807, 2.05) is 42.6 Å². The van der Waals surface area contributed by atoms with Gasteiger partial charge in [-0.3, -0.25) is 4.98 Å². The van der Waals surface area contributed by atoms with E-state index >= 15 is 0 Å². The number of methoxy groups -OCH3 is 1. The van der Waals surface area contributed by atoms with Gasteiger partial charge in [0, 0.05) is 29.5 Å². The number of nitrogens with zero attached hydrogens (tertiary/aromatic N) is 3. The molecule has 0 unspecified atom stereocenters. The predicted molar refractivity (Wildman–Crippen MR) is 141 cm³/mol. The van der Waals surface area contributed by atoms with E-state index in [4.69, 9.17) is 17.0 Å². The minimum atomic E-state index is -0.355. The first kappa shape index (κ1) is 22.8. The van der Waals surface area contributed by atoms with Gasteiger partial charge in [0.2, 0.25) is 0 Å². The van der Waals surface area contributed by atoms with Crippen LogP contribution in [0.4, 0.5) is 5.69 Å². The summed E-state index contributed by atoms with van der Waals surface area (Å²) in [4.78, 5) is 18.7. The van der Waals surface area contributed by atoms with E-state index in [0.717, 1.165) is 29.2 Å². The van der Waals surface area contributed by atoms with Crippen LogP contribution in [0.5, 0.6) is 0 Å². The molecule has 1 fully saturated rings. The molecule has 35 heavy (non-hydrogen) atoms. The molecule has 1 N–H and O–H groups in total. The highest BCUT2D eigenvalue weighted by molar-refractivity contribution is 7.80. The van der Waals surface area contributed by atoms with Gasteiger partial charge >= 0.3 is 5.97 Å². The summed E-state index contributed by atoms with van der Waals surface area (Å²) in [5.41, 5.74) is 5.73. The second-order valence-electron chi connectivity index (χ2n) is 8.36. The second kappa shape index (κ2) is 9.72. The number of hydrogen-bond acceptors (Lipinski definition) is 4. The Kier molecular flexibility index (Phi) is 6.33. The summed E-state index contributed by atoms with van der Waals surface area (Å²) in [6, 6.07) is 25.7. The third-order valence-corrected chi connectivity index (χ3v) is 6.69. The van der Waals surface area contributed by atoms with Gasteiger partial charge in [-0.05, 0) is 84.9 Å². The van der Waals surface area contributed by atoms with Crippen molar-refractivity contribution in [3.8, 4) is 5.69 Å². The normalized spacial score (nSPS) is 17.3. The summed E-state index contributed by atoms with van der Waals surface area (Å²) in [5.74, 6) is -0.355. The number of rotatable bonds is 6. The van der Waals surface area contributed by atoms with Crippen LogP contribution in [0.2, 0.25) is 0 Å². The first-order valence-electron chi connectivity index (χ1n) is 11.6. The van der Waals surface area contributed by atoms with E-state index < -0.39 is 0 Å². The lowest BCUT2D eigenvalue weighted by Crippen LogP contribution is -2.30. The monoisotopic (exact) mass is 482 g/mol. The first-order chi connectivity index (χ1) is 17.1. The Balaban J connectivity index is 1.60. The maximum absolute atomic E-state index is 11.9. The summed E-state index contributed by atoms with van der Waals surface area (Å²) in [7, 11) is 1.38. The predicted octanol–water partition coefficient (Wildman–Crippen LogP) is 5.40. The average molecular weight is 483 g/mol. The highest BCUT2D eigenvalue weighted by Gasteiger charge is 2.42. The Labute approximate surface area is 210 Å². The number of aromatic nitrogens is 2. The van der Waals surface area contributed by atoms with Crippen molar-refractivity contribution in [2.24, 2.45) is 0 Å². The number of thiocarbonyl (C=S) groups is 1. The fraction of sp³-hybridized carbons (Fsp3) is 0.179. The Morgan fingerprint density at radius 3 is 2.40 bits per heavy atom. The fourth-order valence-electron chi connectivity index (χ4n) is 4.57. The van der Waals surface area contributed by atoms with Gasteiger partial charge in [0.05, 0.1) is 24.4 Å². The van der Waals surface area contributed by atoms with Crippen LogP contribution in [0.25, 0.3) is 5.69 Å². The lowest BCUT2D eigenvalue weighted by atomic mass is 10.0. The Morgan fingerprint density at radius 1 is 1.00 bits per heavy atom. The lowest BCUT2D eigenvalue weighted by Gasteiger charge is -2.29. The molecule has 0 amide bonds. The molecule has 3 heterocycles. The molecule has 1 saturated heterocycles. The molecule has 0 saturated carbocycles. The van der Waals surface area contributed by atoms with Crippen LogP contribution in [-0.4, -0.2) is 27.7 Å². The third-order valence-electron chi connectivity index (χ3n) is 6.37. The minimum absolute atomic E-state index is 0.139. The number of nitrogens with one attached hydrogen (secondary N) is 1. The standard InChI is InChI=1S/C28H26N4O2S/c1-3-19-9-13-22(14-10-19)32-26(25(30-28(32)35)23-7-4-5-17-29-23)24-8-6-18-31(24)21-15-11-20(12-16-21)27(33)34-2/h4-18,25-26H,3H2,1-2H3,(H,30,35)/t25-,26+/m0/s1. The summed E-state index contributed by atoms with van der Waals surface area (Å²) >= 11 is 5.86. The van der Waals surface area contributed by atoms with E-state index in [2.05, 4.69) is 57.0 Å². The smallest absolute Gasteiger partial charge is 0.337 e. The van der Waals surface area contributed by atoms with Gasteiger partial charge in [0.25, 0.3) is 0 Å². The van der Waals surface area contributed by atoms with Crippen LogP contribution in [0, 0.1) is 0 Å². The molecule has 5 rings (SSSR count). The molecule has 176 valence electrons. The van der Waals surface area contributed by atoms with Crippen LogP contribution in [0.15, 0.2) is 91.3 Å². The molecule has 0 radical (unpaired) electrons. The molecule has 2 aromatic carbocycles. The number of carbonyl (C=O) groups excluding carboxylic acids is 1. The molecule has 7 heteroatoms. The van der Waals surface area contributed by atoms with Gasteiger partial charge in [0.1, 0.15) is 6.04 Å². The SMILES string of the molecule is CCc1ccc(N2C(=S)N[C@@H](c3ccccn3)[C@H]2c2cccn2-c2ccc(C(=O)OC)cc2)cc1. The second-order valence-corrected chi connectivity index (χ2v) is 8.74. The maximum Gasteiger partial charge on any atom is 0.337 e. The van der Waals surface area contributed by atoms with E-state index in [1.54, 1.807) is 18.3 Å². The van der Waals surface area contributed by atoms with E-state index in [1.165, 1.54) is 12.7 Å². The zero-order valence-corrected chi connectivity index (χ0v) is 20.4. The van der Waals surface area contributed by atoms with Crippen molar-refractivity contribution >= 4 is 29.0 Å². The number of hydrogen-bond donors (Lipinski definition) is 1. The quantitative estimate of drug-likeness (QED) is 0.293. The zero-order chi connectivity index (χ0) is 24.4. The van der Waals surface area contributed by atoms with E-state index in [0.29, 0.717) is 10.7 Å². The molecular weight excluding hydrogens is 456 g/mol. The highest BCUT2D eigenvalue weighted by atomic mass is 32.1. The minimum Gasteiger partial charge on any atom is -0.465 e. The van der Waals surface area contributed by atoms with Gasteiger partial charge in [0.15, 0.2) is 5.11 Å². The number of aryl methyl sites for hydroxylation is 1. The first-order valence-corrected chi connectivity index (χ1v) is 12.0. The Bertz CT molecular complexity index is 1330. The Hall–Kier alpha value is -3.97. The van der Waals surface area contributed by atoms with Crippen LogP contribution in [-0.2, 0) is 11.2 Å². The summed E-state index contributed by atoms with van der Waals surface area (Å²) in [5, 5.41) is 4.17. The largest absolute Gasteiger partial charge is 0.465 e. The van der Waals surface area contributed by atoms with E-state index in [-0.39, 0.29) is 18.1 Å². The number of anilines is 1. The summed E-state index contributed by atoms with van der Waals surface area (Å²) in [6.45, 7) is 2.15. The summed E-state index contributed by atoms with van der Waals surface area (Å²) in [6.07, 6.45) is 4.81. The van der Waals surface area contributed by atoms with Crippen LogP contribution in [0.1, 0.15) is 46.3 Å². The number of carbonyl (C=O) groups is 1. The van der Waals surface area contributed by atoms with Gasteiger partial charge in [-0.2, -0.15) is 0 Å². The summed E-state index contributed by atoms with van der Waals surface area (Å²) < 4.78 is 6.97. The van der Waals surface area contributed by atoms with Gasteiger partial charge < -0.3 is 19.5 Å². The van der Waals surface area contributed by atoms with E-state index in [9.17, 15) is 4.79 Å². The van der Waals surface area contributed by atoms with Crippen molar-refractivity contribution < 1.29 is 9.53 Å². The maximum atomic E-state index is 11.9. The van der Waals surface area contributed by atoms with Gasteiger partial charge in [-0.1, -0.05) is 25.1 Å². The average Bonchev–Trinajstić information content (AvgIpc) is 3.53. The highest BCUT2D eigenvalue weighted by Crippen LogP contribution is 2.42. The van der Waals surface area contributed by atoms with Crippen molar-refractivity contribution in [3.63, 3.8) is 0 Å². The third kappa shape index (κ3) is 4.31. The van der Waals surface area contributed by atoms with Crippen molar-refractivity contribution in [2.45, 2.75) is 25.4 Å². The molecule has 0 bridgehead atoms. The Morgan fingerprint density at radius 2 is 1.74 bits per heavy atom. The van der Waals surface area contributed by atoms with Crippen LogP contribution in [0.3, 0.4) is 0 Å². The number of esters is 1. The van der Waals surface area contributed by atoms with Crippen molar-refractivity contribution in [1.82, 2.24) is 14.9 Å². The van der Waals surface area contributed by atoms with Crippen LogP contribution >= 0.6 is 12.2 Å². The zero-order valence-electron chi connectivity index (χ0n) is 19.6. The van der Waals surface area contributed by atoms with Crippen molar-refractivity contribution in [2.75, 3.05) is 12.0 Å². The molecule has 4 aromatic rings. The molecule has 1 aliphatic heterocycles. The number of benzene rings is 2. The topological polar surface area (TPSA) is 59.4 Å². The number of ether oxygens (including phenoxy) is 1. The van der Waals surface area contributed by atoms with Crippen LogP contribution < -0.4 is 10.2 Å². The molecule has 0 aliphatic carbocycles. The van der Waals surface area contributed by atoms with Crippen molar-refractivity contribution in [1.29, 1.82) is 0 Å². The lowest BCUT2D eigenvalue weighted by molar-refractivity contribution is 0.0600. The number of pyridine rings is 1. The van der Waals surface area contributed by atoms with Crippen molar-refractivity contribution in [3.05, 3.63) is 114 Å². The molecular formula is C28H26N4O2S. The molecule has 2 aromatic heterocycles. The molecule has 0 spiro atoms. The van der Waals surface area contributed by atoms with Gasteiger partial charge in [-0.15, -0.1) is 0 Å². The molecule has 1 aliphatic rings. The van der Waals surface area contributed by atoms with Gasteiger partial charge in [-0.25, -0.2) is 4.79 Å². The molecule has 2 atom stereocenters. The molecule has 6 nitrogen and oxygen atoms in total.